The Morgan fingerprint density at radius 3 is 2.50 bits per heavy atom. The molecule has 2 aliphatic rings. The molecule has 0 spiro atoms. The van der Waals surface area contributed by atoms with Crippen molar-refractivity contribution in [2.45, 2.75) is 42.4 Å². The molecule has 3 aromatic rings. The van der Waals surface area contributed by atoms with Gasteiger partial charge in [-0.25, -0.2) is 8.42 Å². The van der Waals surface area contributed by atoms with E-state index in [1.165, 1.54) is 30.3 Å². The topological polar surface area (TPSA) is 89.7 Å². The summed E-state index contributed by atoms with van der Waals surface area (Å²) in [5.74, 6) is 1.76. The normalized spacial score (nSPS) is 18.7. The SMILES string of the molecule is COc1ccc(Cl)cc1S(=O)(=O)N1CCC(c2nnc3ccc(C4CC4)nn23)CC1. The number of piperidine rings is 1. The molecule has 5 rings (SSSR count). The Balaban J connectivity index is 1.37. The molecule has 10 heteroatoms. The molecular weight excluding hydrogens is 426 g/mol. The second-order valence-electron chi connectivity index (χ2n) is 7.83. The van der Waals surface area contributed by atoms with Crippen LogP contribution < -0.4 is 4.74 Å². The minimum absolute atomic E-state index is 0.0969. The number of hydrogen-bond donors (Lipinski definition) is 0. The van der Waals surface area contributed by atoms with Crippen LogP contribution in [0.1, 0.15) is 49.0 Å². The lowest BCUT2D eigenvalue weighted by Crippen LogP contribution is -2.38. The first-order valence-electron chi connectivity index (χ1n) is 10.0. The number of hydrogen-bond acceptors (Lipinski definition) is 6. The first-order valence-corrected chi connectivity index (χ1v) is 11.8. The fourth-order valence-electron chi connectivity index (χ4n) is 4.02. The van der Waals surface area contributed by atoms with Crippen LogP contribution in [0.25, 0.3) is 5.65 Å². The molecule has 30 heavy (non-hydrogen) atoms. The molecule has 1 saturated carbocycles. The van der Waals surface area contributed by atoms with Crippen LogP contribution in [0.5, 0.6) is 5.75 Å². The molecule has 0 amide bonds. The second kappa shape index (κ2) is 7.47. The van der Waals surface area contributed by atoms with Gasteiger partial charge in [0.25, 0.3) is 0 Å². The summed E-state index contributed by atoms with van der Waals surface area (Å²) in [7, 11) is -2.25. The van der Waals surface area contributed by atoms with E-state index in [4.69, 9.17) is 21.4 Å². The maximum absolute atomic E-state index is 13.2. The molecule has 0 atom stereocenters. The number of sulfonamides is 1. The van der Waals surface area contributed by atoms with Crippen molar-refractivity contribution in [2.75, 3.05) is 20.2 Å². The fraction of sp³-hybridized carbons (Fsp3) is 0.450. The summed E-state index contributed by atoms with van der Waals surface area (Å²) in [4.78, 5) is 0.0969. The monoisotopic (exact) mass is 447 g/mol. The molecule has 0 radical (unpaired) electrons. The van der Waals surface area contributed by atoms with Gasteiger partial charge in [0.05, 0.1) is 12.8 Å². The number of benzene rings is 1. The first kappa shape index (κ1) is 19.7. The molecule has 1 aliphatic carbocycles. The molecule has 8 nitrogen and oxygen atoms in total. The van der Waals surface area contributed by atoms with Crippen LogP contribution in [0.3, 0.4) is 0 Å². The Morgan fingerprint density at radius 2 is 1.80 bits per heavy atom. The molecule has 3 heterocycles. The quantitative estimate of drug-likeness (QED) is 0.596. The predicted molar refractivity (Wildman–Crippen MR) is 111 cm³/mol. The Labute approximate surface area is 179 Å². The predicted octanol–water partition coefficient (Wildman–Crippen LogP) is 3.23. The number of halogens is 1. The van der Waals surface area contributed by atoms with Crippen molar-refractivity contribution in [3.63, 3.8) is 0 Å². The van der Waals surface area contributed by atoms with Crippen molar-refractivity contribution in [3.05, 3.63) is 46.9 Å². The van der Waals surface area contributed by atoms with E-state index in [1.54, 1.807) is 12.1 Å². The summed E-state index contributed by atoms with van der Waals surface area (Å²) in [6.07, 6.45) is 3.66. The van der Waals surface area contributed by atoms with Crippen molar-refractivity contribution in [2.24, 2.45) is 0 Å². The number of rotatable bonds is 5. The van der Waals surface area contributed by atoms with Gasteiger partial charge in [-0.05, 0) is 56.0 Å². The second-order valence-corrected chi connectivity index (χ2v) is 10.2. The third-order valence-corrected chi connectivity index (χ3v) is 8.02. The van der Waals surface area contributed by atoms with E-state index in [0.717, 1.165) is 17.2 Å². The molecule has 0 unspecified atom stereocenters. The Bertz CT molecular complexity index is 1200. The van der Waals surface area contributed by atoms with Gasteiger partial charge in [0, 0.05) is 29.9 Å². The molecule has 1 aliphatic heterocycles. The molecule has 2 fully saturated rings. The number of fused-ring (bicyclic) bond motifs is 1. The number of aromatic nitrogens is 4. The van der Waals surface area contributed by atoms with Crippen LogP contribution >= 0.6 is 11.6 Å². The van der Waals surface area contributed by atoms with E-state index in [-0.39, 0.29) is 10.8 Å². The van der Waals surface area contributed by atoms with Crippen molar-refractivity contribution < 1.29 is 13.2 Å². The van der Waals surface area contributed by atoms with Gasteiger partial charge in [-0.3, -0.25) is 0 Å². The van der Waals surface area contributed by atoms with E-state index in [2.05, 4.69) is 10.2 Å². The van der Waals surface area contributed by atoms with Gasteiger partial charge in [-0.15, -0.1) is 10.2 Å². The Kier molecular flexibility index (Phi) is 4.91. The summed E-state index contributed by atoms with van der Waals surface area (Å²) in [5.41, 5.74) is 1.81. The van der Waals surface area contributed by atoms with Crippen LogP contribution in [-0.4, -0.2) is 52.7 Å². The van der Waals surface area contributed by atoms with Crippen LogP contribution in [-0.2, 0) is 10.0 Å². The molecular formula is C20H22ClN5O3S. The van der Waals surface area contributed by atoms with Crippen LogP contribution in [0.4, 0.5) is 0 Å². The third-order valence-electron chi connectivity index (χ3n) is 5.87. The lowest BCUT2D eigenvalue weighted by atomic mass is 9.97. The minimum Gasteiger partial charge on any atom is -0.495 e. The lowest BCUT2D eigenvalue weighted by molar-refractivity contribution is 0.309. The van der Waals surface area contributed by atoms with Gasteiger partial charge in [-0.1, -0.05) is 11.6 Å². The summed E-state index contributed by atoms with van der Waals surface area (Å²) in [6, 6.07) is 8.62. The smallest absolute Gasteiger partial charge is 0.246 e. The van der Waals surface area contributed by atoms with Gasteiger partial charge < -0.3 is 4.74 Å². The maximum atomic E-state index is 13.2. The number of ether oxygens (including phenoxy) is 1. The van der Waals surface area contributed by atoms with Crippen molar-refractivity contribution in [1.82, 2.24) is 24.1 Å². The van der Waals surface area contributed by atoms with Gasteiger partial charge >= 0.3 is 0 Å². The summed E-state index contributed by atoms with van der Waals surface area (Å²) < 4.78 is 35.0. The zero-order valence-electron chi connectivity index (χ0n) is 16.5. The highest BCUT2D eigenvalue weighted by Crippen LogP contribution is 2.39. The number of methoxy groups -OCH3 is 1. The zero-order valence-corrected chi connectivity index (χ0v) is 18.1. The largest absolute Gasteiger partial charge is 0.495 e. The lowest BCUT2D eigenvalue weighted by Gasteiger charge is -2.30. The Morgan fingerprint density at radius 1 is 1.03 bits per heavy atom. The maximum Gasteiger partial charge on any atom is 0.246 e. The zero-order chi connectivity index (χ0) is 20.9. The highest BCUT2D eigenvalue weighted by molar-refractivity contribution is 7.89. The molecule has 1 aromatic carbocycles. The van der Waals surface area contributed by atoms with Gasteiger partial charge in [0.15, 0.2) is 11.5 Å². The number of nitrogens with zero attached hydrogens (tertiary/aromatic N) is 5. The average Bonchev–Trinajstić information content (AvgIpc) is 3.53. The van der Waals surface area contributed by atoms with E-state index < -0.39 is 10.0 Å². The van der Waals surface area contributed by atoms with Crippen molar-refractivity contribution >= 4 is 27.3 Å². The van der Waals surface area contributed by atoms with Crippen LogP contribution in [0, 0.1) is 0 Å². The van der Waals surface area contributed by atoms with Gasteiger partial charge in [0.1, 0.15) is 10.6 Å². The van der Waals surface area contributed by atoms with E-state index in [1.807, 2.05) is 16.6 Å². The molecule has 158 valence electrons. The molecule has 1 saturated heterocycles. The molecule has 2 aromatic heterocycles. The van der Waals surface area contributed by atoms with Crippen molar-refractivity contribution in [1.29, 1.82) is 0 Å². The highest BCUT2D eigenvalue weighted by atomic mass is 35.5. The first-order chi connectivity index (χ1) is 14.5. The highest BCUT2D eigenvalue weighted by Gasteiger charge is 2.34. The van der Waals surface area contributed by atoms with Gasteiger partial charge in [0.2, 0.25) is 10.0 Å². The van der Waals surface area contributed by atoms with Crippen molar-refractivity contribution in [3.8, 4) is 5.75 Å². The summed E-state index contributed by atoms with van der Waals surface area (Å²) >= 11 is 6.04. The molecule has 0 bridgehead atoms. The molecule has 0 N–H and O–H groups in total. The van der Waals surface area contributed by atoms with E-state index >= 15 is 0 Å². The summed E-state index contributed by atoms with van der Waals surface area (Å²) in [5, 5.41) is 13.7. The summed E-state index contributed by atoms with van der Waals surface area (Å²) in [6.45, 7) is 0.778. The fourth-order valence-corrected chi connectivity index (χ4v) is 5.90. The Hall–Kier alpha value is -2.23. The van der Waals surface area contributed by atoms with E-state index in [9.17, 15) is 8.42 Å². The third kappa shape index (κ3) is 3.44. The van der Waals surface area contributed by atoms with Gasteiger partial charge in [-0.2, -0.15) is 13.9 Å². The van der Waals surface area contributed by atoms with E-state index in [0.29, 0.717) is 42.6 Å². The van der Waals surface area contributed by atoms with Crippen LogP contribution in [0.15, 0.2) is 35.2 Å². The minimum atomic E-state index is -3.71. The van der Waals surface area contributed by atoms with Crippen LogP contribution in [0.2, 0.25) is 5.02 Å². The standard InChI is InChI=1S/C20H22ClN5O3S/c1-29-17-6-4-15(21)12-18(17)30(27,28)25-10-8-14(9-11-25)20-23-22-19-7-5-16(13-2-3-13)24-26(19)20/h4-7,12-14H,2-3,8-11H2,1H3. The average molecular weight is 448 g/mol.